The lowest BCUT2D eigenvalue weighted by atomic mass is 10.2. The van der Waals surface area contributed by atoms with Gasteiger partial charge in [0, 0.05) is 6.07 Å². The predicted molar refractivity (Wildman–Crippen MR) is 91.0 cm³/mol. The Kier molecular flexibility index (Phi) is 5.36. The van der Waals surface area contributed by atoms with E-state index in [0.717, 1.165) is 12.8 Å². The van der Waals surface area contributed by atoms with Crippen LogP contribution in [0.15, 0.2) is 54.9 Å². The number of tetrazole rings is 1. The van der Waals surface area contributed by atoms with Crippen molar-refractivity contribution < 1.29 is 14.3 Å². The van der Waals surface area contributed by atoms with Gasteiger partial charge in [0.1, 0.15) is 23.4 Å². The monoisotopic (exact) mass is 338 g/mol. The zero-order valence-corrected chi connectivity index (χ0v) is 13.8. The minimum atomic E-state index is -0.471. The molecule has 0 aliphatic heterocycles. The Morgan fingerprint density at radius 3 is 2.84 bits per heavy atom. The largest absolute Gasteiger partial charge is 0.493 e. The van der Waals surface area contributed by atoms with Crippen molar-refractivity contribution >= 4 is 5.97 Å². The van der Waals surface area contributed by atoms with Crippen molar-refractivity contribution in [2.45, 2.75) is 19.8 Å². The molecule has 0 radical (unpaired) electrons. The molecule has 1 heterocycles. The maximum absolute atomic E-state index is 12.5. The van der Waals surface area contributed by atoms with E-state index in [4.69, 9.17) is 9.47 Å². The highest BCUT2D eigenvalue weighted by Gasteiger charge is 2.15. The second-order valence-corrected chi connectivity index (χ2v) is 5.34. The molecule has 0 fully saturated rings. The zero-order chi connectivity index (χ0) is 17.5. The molecule has 0 bridgehead atoms. The number of aromatic nitrogens is 4. The number of hydrogen-bond acceptors (Lipinski definition) is 6. The number of nitrogens with zero attached hydrogens (tertiary/aromatic N) is 4. The number of hydrogen-bond donors (Lipinski definition) is 0. The van der Waals surface area contributed by atoms with Crippen LogP contribution in [-0.2, 0) is 0 Å². The van der Waals surface area contributed by atoms with Crippen LogP contribution in [0.25, 0.3) is 5.69 Å². The molecule has 0 atom stereocenters. The molecule has 0 amide bonds. The molecule has 0 saturated heterocycles. The summed E-state index contributed by atoms with van der Waals surface area (Å²) in [4.78, 5) is 12.5. The SMILES string of the molecule is CCCCOc1ccccc1C(=O)Oc1cccc(-n2cnnn2)c1. The van der Waals surface area contributed by atoms with Crippen molar-refractivity contribution in [1.29, 1.82) is 0 Å². The van der Waals surface area contributed by atoms with Gasteiger partial charge >= 0.3 is 5.97 Å². The van der Waals surface area contributed by atoms with Gasteiger partial charge in [0.2, 0.25) is 0 Å². The van der Waals surface area contributed by atoms with Crippen LogP contribution in [0.1, 0.15) is 30.1 Å². The highest BCUT2D eigenvalue weighted by atomic mass is 16.5. The summed E-state index contributed by atoms with van der Waals surface area (Å²) < 4.78 is 12.7. The summed E-state index contributed by atoms with van der Waals surface area (Å²) in [6.07, 6.45) is 3.42. The van der Waals surface area contributed by atoms with E-state index in [1.54, 1.807) is 36.4 Å². The van der Waals surface area contributed by atoms with Crippen LogP contribution in [0.3, 0.4) is 0 Å². The topological polar surface area (TPSA) is 79.1 Å². The lowest BCUT2D eigenvalue weighted by molar-refractivity contribution is 0.0730. The van der Waals surface area contributed by atoms with Crippen LogP contribution in [0, 0.1) is 0 Å². The van der Waals surface area contributed by atoms with Crippen molar-refractivity contribution in [3.05, 3.63) is 60.4 Å². The fourth-order valence-corrected chi connectivity index (χ4v) is 2.22. The van der Waals surface area contributed by atoms with Crippen LogP contribution in [0.4, 0.5) is 0 Å². The van der Waals surface area contributed by atoms with E-state index >= 15 is 0 Å². The smallest absolute Gasteiger partial charge is 0.347 e. The minimum absolute atomic E-state index is 0.395. The Morgan fingerprint density at radius 2 is 2.04 bits per heavy atom. The maximum atomic E-state index is 12.5. The predicted octanol–water partition coefficient (Wildman–Crippen LogP) is 3.06. The first-order chi connectivity index (χ1) is 12.3. The first-order valence-corrected chi connectivity index (χ1v) is 8.05. The van der Waals surface area contributed by atoms with Gasteiger partial charge in [-0.15, -0.1) is 5.10 Å². The third-order valence-corrected chi connectivity index (χ3v) is 3.50. The first-order valence-electron chi connectivity index (χ1n) is 8.05. The van der Waals surface area contributed by atoms with Gasteiger partial charge in [-0.25, -0.2) is 9.48 Å². The highest BCUT2D eigenvalue weighted by molar-refractivity contribution is 5.94. The molecule has 0 N–H and O–H groups in total. The van der Waals surface area contributed by atoms with Crippen LogP contribution >= 0.6 is 0 Å². The van der Waals surface area contributed by atoms with E-state index in [1.807, 2.05) is 12.1 Å². The normalized spacial score (nSPS) is 10.4. The summed E-state index contributed by atoms with van der Waals surface area (Å²) in [6.45, 7) is 2.65. The quantitative estimate of drug-likeness (QED) is 0.374. The summed E-state index contributed by atoms with van der Waals surface area (Å²) in [5.74, 6) is 0.458. The number of esters is 1. The van der Waals surface area contributed by atoms with Crippen molar-refractivity contribution in [2.24, 2.45) is 0 Å². The number of para-hydroxylation sites is 1. The lowest BCUT2D eigenvalue weighted by Gasteiger charge is -2.11. The molecule has 3 rings (SSSR count). The number of carbonyl (C=O) groups is 1. The Balaban J connectivity index is 1.76. The highest BCUT2D eigenvalue weighted by Crippen LogP contribution is 2.22. The van der Waals surface area contributed by atoms with Gasteiger partial charge in [0.15, 0.2) is 0 Å². The molecule has 25 heavy (non-hydrogen) atoms. The molecule has 0 spiro atoms. The summed E-state index contributed by atoms with van der Waals surface area (Å²) in [7, 11) is 0. The fourth-order valence-electron chi connectivity index (χ4n) is 2.22. The van der Waals surface area contributed by atoms with E-state index in [1.165, 1.54) is 11.0 Å². The average molecular weight is 338 g/mol. The number of benzene rings is 2. The van der Waals surface area contributed by atoms with Gasteiger partial charge in [0.25, 0.3) is 0 Å². The minimum Gasteiger partial charge on any atom is -0.493 e. The van der Waals surface area contributed by atoms with Crippen molar-refractivity contribution in [3.8, 4) is 17.2 Å². The van der Waals surface area contributed by atoms with Gasteiger partial charge in [-0.3, -0.25) is 0 Å². The molecule has 7 nitrogen and oxygen atoms in total. The van der Waals surface area contributed by atoms with Crippen LogP contribution in [0.5, 0.6) is 11.5 Å². The molecular weight excluding hydrogens is 320 g/mol. The van der Waals surface area contributed by atoms with E-state index in [2.05, 4.69) is 22.4 Å². The second-order valence-electron chi connectivity index (χ2n) is 5.34. The number of carbonyl (C=O) groups excluding carboxylic acids is 1. The van der Waals surface area contributed by atoms with Crippen LogP contribution < -0.4 is 9.47 Å². The van der Waals surface area contributed by atoms with E-state index < -0.39 is 5.97 Å². The third-order valence-electron chi connectivity index (χ3n) is 3.50. The standard InChI is InChI=1S/C18H18N4O3/c1-2-3-11-24-17-10-5-4-9-16(17)18(23)25-15-8-6-7-14(12-15)22-13-19-20-21-22/h4-10,12-13H,2-3,11H2,1H3. The number of unbranched alkanes of at least 4 members (excludes halogenated alkanes) is 1. The van der Waals surface area contributed by atoms with Crippen LogP contribution in [0.2, 0.25) is 0 Å². The summed E-state index contributed by atoms with van der Waals surface area (Å²) in [5, 5.41) is 11.0. The van der Waals surface area contributed by atoms with Crippen molar-refractivity contribution in [3.63, 3.8) is 0 Å². The van der Waals surface area contributed by atoms with Gasteiger partial charge < -0.3 is 9.47 Å². The molecule has 0 unspecified atom stereocenters. The molecule has 2 aromatic carbocycles. The van der Waals surface area contributed by atoms with Crippen LogP contribution in [-0.4, -0.2) is 32.8 Å². The Labute approximate surface area is 145 Å². The van der Waals surface area contributed by atoms with Gasteiger partial charge in [0.05, 0.1) is 12.3 Å². The van der Waals surface area contributed by atoms with Gasteiger partial charge in [-0.2, -0.15) is 0 Å². The molecule has 3 aromatic rings. The maximum Gasteiger partial charge on any atom is 0.347 e. The second kappa shape index (κ2) is 8.05. The van der Waals surface area contributed by atoms with Crippen molar-refractivity contribution in [2.75, 3.05) is 6.61 Å². The first kappa shape index (κ1) is 16.6. The van der Waals surface area contributed by atoms with Gasteiger partial charge in [-0.1, -0.05) is 31.5 Å². The Hall–Kier alpha value is -3.22. The lowest BCUT2D eigenvalue weighted by Crippen LogP contribution is -2.11. The average Bonchev–Trinajstić information content (AvgIpc) is 3.17. The molecule has 7 heteroatoms. The molecule has 1 aromatic heterocycles. The van der Waals surface area contributed by atoms with Gasteiger partial charge in [-0.05, 0) is 41.1 Å². The van der Waals surface area contributed by atoms with Crippen molar-refractivity contribution in [1.82, 2.24) is 20.2 Å². The van der Waals surface area contributed by atoms with E-state index in [9.17, 15) is 4.79 Å². The summed E-state index contributed by atoms with van der Waals surface area (Å²) in [5.41, 5.74) is 1.09. The molecule has 0 aliphatic rings. The molecular formula is C18H18N4O3. The number of rotatable bonds is 7. The van der Waals surface area contributed by atoms with E-state index in [-0.39, 0.29) is 0 Å². The molecule has 0 aliphatic carbocycles. The molecule has 0 saturated carbocycles. The zero-order valence-electron chi connectivity index (χ0n) is 13.8. The van der Waals surface area contributed by atoms with E-state index in [0.29, 0.717) is 29.4 Å². The fraction of sp³-hybridized carbons (Fsp3) is 0.222. The summed E-state index contributed by atoms with van der Waals surface area (Å²) in [6, 6.07) is 14.0. The Bertz CT molecular complexity index is 834. The number of ether oxygens (including phenoxy) is 2. The Morgan fingerprint density at radius 1 is 1.16 bits per heavy atom. The third kappa shape index (κ3) is 4.20. The summed E-state index contributed by atoms with van der Waals surface area (Å²) >= 11 is 0. The molecule has 128 valence electrons.